The lowest BCUT2D eigenvalue weighted by atomic mass is 9.70. The summed E-state index contributed by atoms with van der Waals surface area (Å²) in [5, 5.41) is 10.6. The van der Waals surface area contributed by atoms with Crippen LogP contribution in [0.4, 0.5) is 0 Å². The van der Waals surface area contributed by atoms with E-state index < -0.39 is 11.0 Å². The number of aliphatic hydroxyl groups is 1. The molecule has 0 saturated heterocycles. The third kappa shape index (κ3) is 4.07. The number of hydrogen-bond donors (Lipinski definition) is 1. The largest absolute Gasteiger partial charge is 0.462 e. The maximum Gasteiger partial charge on any atom is 0.311 e. The van der Waals surface area contributed by atoms with Gasteiger partial charge in [-0.3, -0.25) is 4.79 Å². The van der Waals surface area contributed by atoms with Crippen molar-refractivity contribution in [3.8, 4) is 0 Å². The smallest absolute Gasteiger partial charge is 0.311 e. The summed E-state index contributed by atoms with van der Waals surface area (Å²) in [6.07, 6.45) is 2.51. The van der Waals surface area contributed by atoms with E-state index in [1.54, 1.807) is 0 Å². The van der Waals surface area contributed by atoms with Gasteiger partial charge in [-0.2, -0.15) is 0 Å². The normalized spacial score (nSPS) is 31.9. The zero-order valence-electron chi connectivity index (χ0n) is 13.0. The molecule has 3 heteroatoms. The first-order valence-electron chi connectivity index (χ1n) is 7.11. The Balaban J connectivity index is 2.58. The molecule has 0 bridgehead atoms. The average Bonchev–Trinajstić information content (AvgIpc) is 2.28. The summed E-state index contributed by atoms with van der Waals surface area (Å²) in [5.74, 6) is 0.347. The highest BCUT2D eigenvalue weighted by Gasteiger charge is 2.41. The van der Waals surface area contributed by atoms with Gasteiger partial charge < -0.3 is 9.84 Å². The molecule has 1 saturated carbocycles. The fraction of sp³-hybridized carbons (Fsp3) is 0.812. The van der Waals surface area contributed by atoms with Crippen molar-refractivity contribution >= 4 is 5.97 Å². The second kappa shape index (κ2) is 5.66. The van der Waals surface area contributed by atoms with E-state index in [4.69, 9.17) is 4.74 Å². The SMILES string of the molecule is C=C(C)[C@H]1CC[C@@](O)(COC(=O)C(C)(C)C)[C@@H](C)C1. The van der Waals surface area contributed by atoms with E-state index in [1.807, 2.05) is 34.6 Å². The first-order chi connectivity index (χ1) is 8.56. The van der Waals surface area contributed by atoms with Crippen LogP contribution in [-0.4, -0.2) is 23.3 Å². The molecule has 110 valence electrons. The van der Waals surface area contributed by atoms with Crippen LogP contribution in [0.2, 0.25) is 0 Å². The molecule has 0 aromatic carbocycles. The lowest BCUT2D eigenvalue weighted by molar-refractivity contribution is -0.167. The first kappa shape index (κ1) is 16.2. The highest BCUT2D eigenvalue weighted by molar-refractivity contribution is 5.75. The van der Waals surface area contributed by atoms with Crippen molar-refractivity contribution in [2.24, 2.45) is 17.3 Å². The van der Waals surface area contributed by atoms with Gasteiger partial charge in [-0.25, -0.2) is 0 Å². The average molecular weight is 268 g/mol. The van der Waals surface area contributed by atoms with Gasteiger partial charge >= 0.3 is 5.97 Å². The van der Waals surface area contributed by atoms with Crippen LogP contribution in [0.5, 0.6) is 0 Å². The Bertz CT molecular complexity index is 353. The Morgan fingerprint density at radius 1 is 1.47 bits per heavy atom. The highest BCUT2D eigenvalue weighted by Crippen LogP contribution is 2.39. The van der Waals surface area contributed by atoms with E-state index in [0.717, 1.165) is 12.8 Å². The topological polar surface area (TPSA) is 46.5 Å². The molecule has 0 spiro atoms. The molecular formula is C16H28O3. The van der Waals surface area contributed by atoms with Crippen molar-refractivity contribution in [1.82, 2.24) is 0 Å². The number of hydrogen-bond acceptors (Lipinski definition) is 3. The standard InChI is InChI=1S/C16H28O3/c1-11(2)13-7-8-16(18,12(3)9-13)10-19-14(17)15(4,5)6/h12-13,18H,1,7-10H2,2-6H3/t12-,13-,16+/m0/s1. The zero-order chi connectivity index (χ0) is 14.8. The third-order valence-electron chi connectivity index (χ3n) is 4.24. The van der Waals surface area contributed by atoms with Crippen LogP contribution in [-0.2, 0) is 9.53 Å². The van der Waals surface area contributed by atoms with E-state index in [2.05, 4.69) is 6.58 Å². The fourth-order valence-electron chi connectivity index (χ4n) is 2.50. The van der Waals surface area contributed by atoms with Crippen molar-refractivity contribution in [3.05, 3.63) is 12.2 Å². The molecule has 0 amide bonds. The summed E-state index contributed by atoms with van der Waals surface area (Å²) in [6, 6.07) is 0. The van der Waals surface area contributed by atoms with Gasteiger partial charge in [-0.05, 0) is 58.8 Å². The number of esters is 1. The maximum atomic E-state index is 11.8. The fourth-order valence-corrected chi connectivity index (χ4v) is 2.50. The molecule has 0 aromatic heterocycles. The Labute approximate surface area is 117 Å². The molecule has 0 aromatic rings. The number of ether oxygens (including phenoxy) is 1. The number of carbonyl (C=O) groups is 1. The highest BCUT2D eigenvalue weighted by atomic mass is 16.5. The van der Waals surface area contributed by atoms with E-state index in [9.17, 15) is 9.90 Å². The second-order valence-electron chi connectivity index (χ2n) is 7.15. The molecule has 1 aliphatic rings. The minimum Gasteiger partial charge on any atom is -0.462 e. The monoisotopic (exact) mass is 268 g/mol. The maximum absolute atomic E-state index is 11.8. The molecule has 0 heterocycles. The molecule has 1 aliphatic carbocycles. The predicted molar refractivity (Wildman–Crippen MR) is 76.7 cm³/mol. The molecule has 19 heavy (non-hydrogen) atoms. The van der Waals surface area contributed by atoms with Gasteiger partial charge in [0.05, 0.1) is 5.41 Å². The van der Waals surface area contributed by atoms with E-state index in [1.165, 1.54) is 5.57 Å². The molecule has 0 unspecified atom stereocenters. The van der Waals surface area contributed by atoms with E-state index in [0.29, 0.717) is 12.3 Å². The zero-order valence-corrected chi connectivity index (χ0v) is 13.0. The van der Waals surface area contributed by atoms with Crippen molar-refractivity contribution in [2.75, 3.05) is 6.61 Å². The molecule has 1 rings (SSSR count). The van der Waals surface area contributed by atoms with Crippen molar-refractivity contribution in [2.45, 2.75) is 59.5 Å². The van der Waals surface area contributed by atoms with Gasteiger partial charge in [0.1, 0.15) is 12.2 Å². The minimum absolute atomic E-state index is 0.104. The van der Waals surface area contributed by atoms with Gasteiger partial charge in [-0.1, -0.05) is 19.1 Å². The van der Waals surface area contributed by atoms with Crippen LogP contribution < -0.4 is 0 Å². The van der Waals surface area contributed by atoms with Crippen LogP contribution in [0, 0.1) is 17.3 Å². The Morgan fingerprint density at radius 2 is 2.05 bits per heavy atom. The van der Waals surface area contributed by atoms with Gasteiger partial charge in [0, 0.05) is 0 Å². The van der Waals surface area contributed by atoms with Gasteiger partial charge in [0.15, 0.2) is 0 Å². The summed E-state index contributed by atoms with van der Waals surface area (Å²) >= 11 is 0. The number of rotatable bonds is 3. The second-order valence-corrected chi connectivity index (χ2v) is 7.15. The minimum atomic E-state index is -0.882. The predicted octanol–water partition coefficient (Wildman–Crippen LogP) is 3.32. The van der Waals surface area contributed by atoms with Gasteiger partial charge in [0.25, 0.3) is 0 Å². The van der Waals surface area contributed by atoms with Crippen LogP contribution in [0.1, 0.15) is 53.9 Å². The summed E-state index contributed by atoms with van der Waals surface area (Å²) in [7, 11) is 0. The van der Waals surface area contributed by atoms with Crippen LogP contribution in [0.3, 0.4) is 0 Å². The Hall–Kier alpha value is -0.830. The Kier molecular flexibility index (Phi) is 4.83. The van der Waals surface area contributed by atoms with Crippen LogP contribution in [0.15, 0.2) is 12.2 Å². The molecule has 1 fully saturated rings. The first-order valence-corrected chi connectivity index (χ1v) is 7.11. The molecular weight excluding hydrogens is 240 g/mol. The summed E-state index contributed by atoms with van der Waals surface area (Å²) in [5.41, 5.74) is -0.220. The van der Waals surface area contributed by atoms with E-state index in [-0.39, 0.29) is 18.5 Å². The number of allylic oxidation sites excluding steroid dienone is 1. The van der Waals surface area contributed by atoms with Crippen molar-refractivity contribution in [1.29, 1.82) is 0 Å². The molecule has 3 atom stereocenters. The van der Waals surface area contributed by atoms with Gasteiger partial charge in [0.2, 0.25) is 0 Å². The Morgan fingerprint density at radius 3 is 2.47 bits per heavy atom. The molecule has 0 aliphatic heterocycles. The van der Waals surface area contributed by atoms with E-state index >= 15 is 0 Å². The quantitative estimate of drug-likeness (QED) is 0.631. The number of carbonyl (C=O) groups excluding carboxylic acids is 1. The van der Waals surface area contributed by atoms with Gasteiger partial charge in [-0.15, -0.1) is 0 Å². The summed E-state index contributed by atoms with van der Waals surface area (Å²) < 4.78 is 5.30. The van der Waals surface area contributed by atoms with Crippen molar-refractivity contribution < 1.29 is 14.6 Å². The third-order valence-corrected chi connectivity index (χ3v) is 4.24. The molecule has 3 nitrogen and oxygen atoms in total. The lowest BCUT2D eigenvalue weighted by Crippen LogP contribution is -2.46. The van der Waals surface area contributed by atoms with Crippen molar-refractivity contribution in [3.63, 3.8) is 0 Å². The summed E-state index contributed by atoms with van der Waals surface area (Å²) in [4.78, 5) is 11.8. The lowest BCUT2D eigenvalue weighted by Gasteiger charge is -2.41. The molecule has 1 N–H and O–H groups in total. The summed E-state index contributed by atoms with van der Waals surface area (Å²) in [6.45, 7) is 13.6. The van der Waals surface area contributed by atoms with Crippen LogP contribution >= 0.6 is 0 Å². The van der Waals surface area contributed by atoms with Crippen LogP contribution in [0.25, 0.3) is 0 Å². The molecule has 0 radical (unpaired) electrons.